The van der Waals surface area contributed by atoms with Crippen molar-refractivity contribution >= 4 is 5.69 Å². The quantitative estimate of drug-likeness (QED) is 0.400. The Kier molecular flexibility index (Phi) is 4.70. The first-order valence-corrected chi connectivity index (χ1v) is 6.15. The number of aliphatic hydroxyl groups excluding tert-OH is 4. The number of rotatable bonds is 4. The molecule has 0 aromatic heterocycles. The topological polar surface area (TPSA) is 143 Å². The number of nitro benzene ring substituents is 1. The molecule has 116 valence electrons. The summed E-state index contributed by atoms with van der Waals surface area (Å²) in [5, 5.41) is 48.8. The van der Waals surface area contributed by atoms with Gasteiger partial charge in [-0.05, 0) is 12.1 Å². The van der Waals surface area contributed by atoms with Crippen molar-refractivity contribution in [2.75, 3.05) is 6.61 Å². The molecule has 1 aromatic rings. The molecule has 4 N–H and O–H groups in total. The zero-order valence-electron chi connectivity index (χ0n) is 10.8. The molecule has 1 aliphatic heterocycles. The molecule has 1 aliphatic rings. The fraction of sp³-hybridized carbons (Fsp3) is 0.500. The lowest BCUT2D eigenvalue weighted by Crippen LogP contribution is -2.60. The second-order valence-corrected chi connectivity index (χ2v) is 4.56. The van der Waals surface area contributed by atoms with Crippen LogP contribution in [0.5, 0.6) is 5.75 Å². The number of aliphatic hydroxyl groups is 4. The molecule has 0 radical (unpaired) electrons. The molecule has 0 unspecified atom stereocenters. The molecule has 21 heavy (non-hydrogen) atoms. The number of hydrogen-bond donors (Lipinski definition) is 4. The highest BCUT2D eigenvalue weighted by molar-refractivity contribution is 5.36. The third kappa shape index (κ3) is 3.28. The minimum Gasteiger partial charge on any atom is -0.485 e. The number of nitro groups is 1. The second-order valence-electron chi connectivity index (χ2n) is 4.56. The van der Waals surface area contributed by atoms with Crippen LogP contribution in [0.25, 0.3) is 0 Å². The second kappa shape index (κ2) is 6.33. The molecule has 0 spiro atoms. The first kappa shape index (κ1) is 15.6. The van der Waals surface area contributed by atoms with Gasteiger partial charge in [-0.3, -0.25) is 10.1 Å². The van der Waals surface area contributed by atoms with Gasteiger partial charge in [0.25, 0.3) is 5.69 Å². The molecular weight excluding hydrogens is 286 g/mol. The number of benzene rings is 1. The molecule has 1 heterocycles. The van der Waals surface area contributed by atoms with Crippen molar-refractivity contribution < 1.29 is 34.8 Å². The summed E-state index contributed by atoms with van der Waals surface area (Å²) in [5.41, 5.74) is -0.135. The number of hydrogen-bond acceptors (Lipinski definition) is 8. The monoisotopic (exact) mass is 301 g/mol. The van der Waals surface area contributed by atoms with Gasteiger partial charge in [0.1, 0.15) is 24.1 Å². The maximum absolute atomic E-state index is 10.5. The Hall–Kier alpha value is -1.78. The highest BCUT2D eigenvalue weighted by Crippen LogP contribution is 2.25. The third-order valence-electron chi connectivity index (χ3n) is 3.16. The predicted octanol–water partition coefficient (Wildman–Crippen LogP) is -1.23. The van der Waals surface area contributed by atoms with E-state index in [0.29, 0.717) is 0 Å². The molecule has 1 fully saturated rings. The molecule has 0 bridgehead atoms. The van der Waals surface area contributed by atoms with Gasteiger partial charge >= 0.3 is 0 Å². The van der Waals surface area contributed by atoms with Gasteiger partial charge in [0.05, 0.1) is 11.5 Å². The lowest BCUT2D eigenvalue weighted by atomic mass is 9.99. The minimum absolute atomic E-state index is 0.135. The van der Waals surface area contributed by atoms with Crippen LogP contribution in [0, 0.1) is 10.1 Å². The van der Waals surface area contributed by atoms with Crippen LogP contribution in [0.3, 0.4) is 0 Å². The summed E-state index contributed by atoms with van der Waals surface area (Å²) in [7, 11) is 0. The van der Waals surface area contributed by atoms with Gasteiger partial charge in [-0.1, -0.05) is 0 Å². The van der Waals surface area contributed by atoms with E-state index in [1.54, 1.807) is 0 Å². The Morgan fingerprint density at radius 2 is 1.81 bits per heavy atom. The van der Waals surface area contributed by atoms with Crippen molar-refractivity contribution in [2.24, 2.45) is 0 Å². The molecule has 9 nitrogen and oxygen atoms in total. The first-order valence-electron chi connectivity index (χ1n) is 6.15. The van der Waals surface area contributed by atoms with E-state index in [9.17, 15) is 25.4 Å². The molecule has 1 saturated heterocycles. The lowest BCUT2D eigenvalue weighted by Gasteiger charge is -2.39. The van der Waals surface area contributed by atoms with Crippen LogP contribution in [-0.4, -0.2) is 62.7 Å². The number of non-ortho nitro benzene ring substituents is 1. The summed E-state index contributed by atoms with van der Waals surface area (Å²) in [5.74, 6) is 0.162. The molecule has 9 heteroatoms. The highest BCUT2D eigenvalue weighted by Gasteiger charge is 2.45. The van der Waals surface area contributed by atoms with Gasteiger partial charge in [0.15, 0.2) is 12.4 Å². The van der Waals surface area contributed by atoms with Crippen LogP contribution in [0.1, 0.15) is 0 Å². The van der Waals surface area contributed by atoms with E-state index in [1.165, 1.54) is 24.3 Å². The number of nitrogens with zero attached hydrogens (tertiary/aromatic N) is 1. The molecule has 0 amide bonds. The Morgan fingerprint density at radius 1 is 1.19 bits per heavy atom. The van der Waals surface area contributed by atoms with Crippen molar-refractivity contribution in [1.82, 2.24) is 0 Å². The average Bonchev–Trinajstić information content (AvgIpc) is 2.47. The van der Waals surface area contributed by atoms with Crippen LogP contribution in [-0.2, 0) is 4.74 Å². The van der Waals surface area contributed by atoms with E-state index >= 15 is 0 Å². The summed E-state index contributed by atoms with van der Waals surface area (Å²) in [6.07, 6.45) is -6.87. The summed E-state index contributed by atoms with van der Waals surface area (Å²) < 4.78 is 10.2. The SMILES string of the molecule is O=[N+]([O-])c1ccc(O[C@@H]2[C@@H](O)[C@@H](O)O[C@H](CO)[C@@H]2O)cc1. The van der Waals surface area contributed by atoms with Gasteiger partial charge in [-0.15, -0.1) is 0 Å². The van der Waals surface area contributed by atoms with E-state index in [2.05, 4.69) is 0 Å². The normalized spacial score (nSPS) is 32.7. The first-order chi connectivity index (χ1) is 9.93. The summed E-state index contributed by atoms with van der Waals surface area (Å²) in [6.45, 7) is -0.564. The Bertz CT molecular complexity index is 493. The third-order valence-corrected chi connectivity index (χ3v) is 3.16. The Morgan fingerprint density at radius 3 is 2.33 bits per heavy atom. The summed E-state index contributed by atoms with van der Waals surface area (Å²) in [6, 6.07) is 5.00. The van der Waals surface area contributed by atoms with Gasteiger partial charge < -0.3 is 29.9 Å². The Balaban J connectivity index is 2.13. The van der Waals surface area contributed by atoms with Crippen molar-refractivity contribution in [3.05, 3.63) is 34.4 Å². The lowest BCUT2D eigenvalue weighted by molar-refractivity contribution is -0.384. The molecular formula is C12H15NO8. The zero-order valence-corrected chi connectivity index (χ0v) is 10.8. The fourth-order valence-corrected chi connectivity index (χ4v) is 2.01. The van der Waals surface area contributed by atoms with E-state index in [-0.39, 0.29) is 11.4 Å². The predicted molar refractivity (Wildman–Crippen MR) is 67.5 cm³/mol. The Labute approximate surface area is 119 Å². The van der Waals surface area contributed by atoms with Crippen molar-refractivity contribution in [3.63, 3.8) is 0 Å². The van der Waals surface area contributed by atoms with Crippen LogP contribution < -0.4 is 4.74 Å². The molecule has 1 aromatic carbocycles. The van der Waals surface area contributed by atoms with Crippen molar-refractivity contribution in [3.8, 4) is 5.75 Å². The van der Waals surface area contributed by atoms with Gasteiger partial charge in [-0.25, -0.2) is 0 Å². The maximum Gasteiger partial charge on any atom is 0.269 e. The van der Waals surface area contributed by atoms with E-state index in [4.69, 9.17) is 14.6 Å². The molecule has 0 aliphatic carbocycles. The highest BCUT2D eigenvalue weighted by atomic mass is 16.6. The van der Waals surface area contributed by atoms with Crippen LogP contribution in [0.2, 0.25) is 0 Å². The molecule has 0 saturated carbocycles. The smallest absolute Gasteiger partial charge is 0.269 e. The van der Waals surface area contributed by atoms with E-state index < -0.39 is 42.2 Å². The van der Waals surface area contributed by atoms with E-state index in [1.807, 2.05) is 0 Å². The summed E-state index contributed by atoms with van der Waals surface area (Å²) >= 11 is 0. The van der Waals surface area contributed by atoms with Crippen LogP contribution >= 0.6 is 0 Å². The van der Waals surface area contributed by atoms with Crippen molar-refractivity contribution in [2.45, 2.75) is 30.7 Å². The van der Waals surface area contributed by atoms with Crippen molar-refractivity contribution in [1.29, 1.82) is 0 Å². The van der Waals surface area contributed by atoms with Gasteiger partial charge in [0, 0.05) is 12.1 Å². The van der Waals surface area contributed by atoms with E-state index in [0.717, 1.165) is 0 Å². The standard InChI is InChI=1S/C12H15NO8/c14-5-8-9(15)11(10(16)12(17)21-8)20-7-3-1-6(2-4-7)13(18)19/h1-4,8-12,14-17H,5H2/t8-,9+,10-,11+,12+/m1/s1. The van der Waals surface area contributed by atoms with Gasteiger partial charge in [0.2, 0.25) is 0 Å². The largest absolute Gasteiger partial charge is 0.485 e. The summed E-state index contributed by atoms with van der Waals surface area (Å²) in [4.78, 5) is 9.96. The fourth-order valence-electron chi connectivity index (χ4n) is 2.01. The minimum atomic E-state index is -1.62. The maximum atomic E-state index is 10.5. The average molecular weight is 301 g/mol. The number of ether oxygens (including phenoxy) is 2. The van der Waals surface area contributed by atoms with Crippen LogP contribution in [0.4, 0.5) is 5.69 Å². The zero-order chi connectivity index (χ0) is 15.6. The van der Waals surface area contributed by atoms with Gasteiger partial charge in [-0.2, -0.15) is 0 Å². The molecule has 2 rings (SSSR count). The van der Waals surface area contributed by atoms with Crippen LogP contribution in [0.15, 0.2) is 24.3 Å². The molecule has 5 atom stereocenters.